The third kappa shape index (κ3) is 3.87. The molecule has 8 atom stereocenters. The minimum Gasteiger partial charge on any atom is -0.459 e. The lowest BCUT2D eigenvalue weighted by Gasteiger charge is -2.58. The molecule has 5 nitrogen and oxygen atoms in total. The number of carbonyl (C=O) groups excluding carboxylic acids is 1. The summed E-state index contributed by atoms with van der Waals surface area (Å²) in [6, 6.07) is 0. The van der Waals surface area contributed by atoms with Gasteiger partial charge >= 0.3 is 5.97 Å². The van der Waals surface area contributed by atoms with Crippen molar-refractivity contribution in [3.05, 3.63) is 11.6 Å². The predicted molar refractivity (Wildman–Crippen MR) is 125 cm³/mol. The predicted octanol–water partition coefficient (Wildman–Crippen LogP) is 4.77. The Morgan fingerprint density at radius 2 is 1.94 bits per heavy atom. The quantitative estimate of drug-likeness (QED) is 0.281. The van der Waals surface area contributed by atoms with Crippen LogP contribution in [0.15, 0.2) is 11.6 Å². The van der Waals surface area contributed by atoms with E-state index in [0.717, 1.165) is 58.0 Å². The van der Waals surface area contributed by atoms with Gasteiger partial charge in [0.15, 0.2) is 6.29 Å². The van der Waals surface area contributed by atoms with Gasteiger partial charge in [-0.3, -0.25) is 0 Å². The van der Waals surface area contributed by atoms with Crippen LogP contribution in [0, 0.1) is 40.4 Å². The van der Waals surface area contributed by atoms with Crippen molar-refractivity contribution < 1.29 is 24.1 Å². The fourth-order valence-electron chi connectivity index (χ4n) is 8.20. The van der Waals surface area contributed by atoms with E-state index >= 15 is 0 Å². The molecular formula is C28H40O5. The summed E-state index contributed by atoms with van der Waals surface area (Å²) in [5.41, 5.74) is 0.455. The molecule has 0 bridgehead atoms. The van der Waals surface area contributed by atoms with Crippen molar-refractivity contribution in [2.75, 3.05) is 13.7 Å². The Balaban J connectivity index is 1.32. The molecule has 4 unspecified atom stereocenters. The molecule has 0 aromatic rings. The summed E-state index contributed by atoms with van der Waals surface area (Å²) in [5, 5.41) is 11.5. The average molecular weight is 457 g/mol. The number of methoxy groups -OCH3 is 1. The van der Waals surface area contributed by atoms with Crippen molar-refractivity contribution in [2.45, 2.75) is 102 Å². The molecule has 0 spiro atoms. The molecule has 1 saturated heterocycles. The summed E-state index contributed by atoms with van der Waals surface area (Å²) in [7, 11) is 1.33. The van der Waals surface area contributed by atoms with Crippen LogP contribution in [0.2, 0.25) is 0 Å². The number of esters is 1. The Morgan fingerprint density at radius 1 is 1.12 bits per heavy atom. The summed E-state index contributed by atoms with van der Waals surface area (Å²) in [6.45, 7) is 5.53. The largest absolute Gasteiger partial charge is 0.459 e. The first-order chi connectivity index (χ1) is 15.8. The molecule has 0 radical (unpaired) electrons. The standard InChI is InChI=1S/C28H40O5/c1-26-13-9-20(33-25-6-4-5-17-32-25)18-19(26)7-8-21-22(26)10-14-27(2)23(21)11-15-28(27,30)16-12-24(29)31-3/h7,20-23,25,30H,4-6,8-11,13-15,17-18H2,1-3H3/t20-,21?,22?,23?,25?,26-,27-,28+/m0/s1. The smallest absolute Gasteiger partial charge is 0.384 e. The molecule has 1 aliphatic heterocycles. The molecule has 4 fully saturated rings. The van der Waals surface area contributed by atoms with Crippen LogP contribution < -0.4 is 0 Å². The molecule has 4 aliphatic carbocycles. The molecule has 5 rings (SSSR count). The van der Waals surface area contributed by atoms with Gasteiger partial charge in [0.25, 0.3) is 0 Å². The van der Waals surface area contributed by atoms with Gasteiger partial charge < -0.3 is 19.3 Å². The van der Waals surface area contributed by atoms with Gasteiger partial charge in [0.1, 0.15) is 5.60 Å². The third-order valence-corrected chi connectivity index (χ3v) is 10.2. The average Bonchev–Trinajstić information content (AvgIpc) is 3.09. The van der Waals surface area contributed by atoms with E-state index in [4.69, 9.17) is 9.47 Å². The van der Waals surface area contributed by atoms with Gasteiger partial charge in [-0.2, -0.15) is 0 Å². The number of allylic oxidation sites excluding steroid dienone is 1. The van der Waals surface area contributed by atoms with Gasteiger partial charge in [0.2, 0.25) is 0 Å². The Bertz CT molecular complexity index is 863. The first-order valence-electron chi connectivity index (χ1n) is 13.1. The van der Waals surface area contributed by atoms with Crippen molar-refractivity contribution >= 4 is 5.97 Å². The highest BCUT2D eigenvalue weighted by molar-refractivity contribution is 5.88. The number of hydrogen-bond acceptors (Lipinski definition) is 5. The third-order valence-electron chi connectivity index (χ3n) is 10.2. The molecule has 5 aliphatic rings. The number of hydrogen-bond donors (Lipinski definition) is 1. The lowest BCUT2D eigenvalue weighted by Crippen LogP contribution is -2.54. The highest BCUT2D eigenvalue weighted by Gasteiger charge is 2.63. The van der Waals surface area contributed by atoms with Crippen molar-refractivity contribution in [2.24, 2.45) is 28.6 Å². The lowest BCUT2D eigenvalue weighted by atomic mass is 9.47. The first-order valence-corrected chi connectivity index (χ1v) is 13.1. The van der Waals surface area contributed by atoms with Gasteiger partial charge in [-0.05, 0) is 93.8 Å². The second-order valence-electron chi connectivity index (χ2n) is 11.7. The van der Waals surface area contributed by atoms with E-state index in [1.165, 1.54) is 20.0 Å². The minimum atomic E-state index is -1.10. The maximum absolute atomic E-state index is 11.6. The maximum atomic E-state index is 11.6. The fourth-order valence-corrected chi connectivity index (χ4v) is 8.20. The molecule has 1 heterocycles. The van der Waals surface area contributed by atoms with E-state index in [1.54, 1.807) is 5.57 Å². The van der Waals surface area contributed by atoms with Crippen LogP contribution in [0.4, 0.5) is 0 Å². The van der Waals surface area contributed by atoms with E-state index in [9.17, 15) is 9.90 Å². The molecule has 0 amide bonds. The molecule has 33 heavy (non-hydrogen) atoms. The molecule has 0 aromatic carbocycles. The summed E-state index contributed by atoms with van der Waals surface area (Å²) in [5.74, 6) is 6.57. The first kappa shape index (κ1) is 23.4. The van der Waals surface area contributed by atoms with Crippen LogP contribution in [0.1, 0.15) is 84.5 Å². The highest BCUT2D eigenvalue weighted by atomic mass is 16.7. The van der Waals surface area contributed by atoms with Crippen molar-refractivity contribution in [1.29, 1.82) is 0 Å². The Kier molecular flexibility index (Phi) is 6.17. The van der Waals surface area contributed by atoms with Crippen LogP contribution in [-0.2, 0) is 19.0 Å². The van der Waals surface area contributed by atoms with Crippen molar-refractivity contribution in [1.82, 2.24) is 0 Å². The van der Waals surface area contributed by atoms with Gasteiger partial charge in [0.05, 0.1) is 13.2 Å². The zero-order valence-corrected chi connectivity index (χ0v) is 20.5. The highest BCUT2D eigenvalue weighted by Crippen LogP contribution is 2.67. The number of aliphatic hydroxyl groups is 1. The number of carbonyl (C=O) groups is 1. The summed E-state index contributed by atoms with van der Waals surface area (Å²) < 4.78 is 16.9. The Morgan fingerprint density at radius 3 is 2.70 bits per heavy atom. The molecule has 5 heteroatoms. The number of ether oxygens (including phenoxy) is 3. The molecular weight excluding hydrogens is 416 g/mol. The molecule has 3 saturated carbocycles. The van der Waals surface area contributed by atoms with E-state index in [1.807, 2.05) is 0 Å². The van der Waals surface area contributed by atoms with Crippen LogP contribution >= 0.6 is 0 Å². The van der Waals surface area contributed by atoms with E-state index < -0.39 is 11.6 Å². The van der Waals surface area contributed by atoms with Gasteiger partial charge in [-0.1, -0.05) is 31.4 Å². The van der Waals surface area contributed by atoms with E-state index in [0.29, 0.717) is 24.2 Å². The van der Waals surface area contributed by atoms with Crippen LogP contribution in [0.3, 0.4) is 0 Å². The second-order valence-corrected chi connectivity index (χ2v) is 11.7. The van der Waals surface area contributed by atoms with E-state index in [-0.39, 0.29) is 23.2 Å². The van der Waals surface area contributed by atoms with Crippen molar-refractivity contribution in [3.63, 3.8) is 0 Å². The van der Waals surface area contributed by atoms with Gasteiger partial charge in [0, 0.05) is 17.9 Å². The Hall–Kier alpha value is -1.35. The topological polar surface area (TPSA) is 65.0 Å². The van der Waals surface area contributed by atoms with Crippen molar-refractivity contribution in [3.8, 4) is 11.8 Å². The number of fused-ring (bicyclic) bond motifs is 5. The SMILES string of the molecule is COC(=O)C#C[C@]1(O)CCC2C3CC=C4C[C@@H](OC5CCCCO5)CC[C@]4(C)C3CC[C@@]21C. The maximum Gasteiger partial charge on any atom is 0.384 e. The van der Waals surface area contributed by atoms with Crippen LogP contribution in [0.5, 0.6) is 0 Å². The zero-order chi connectivity index (χ0) is 23.3. The number of rotatable bonds is 2. The lowest BCUT2D eigenvalue weighted by molar-refractivity contribution is -0.195. The molecule has 182 valence electrons. The van der Waals surface area contributed by atoms with Gasteiger partial charge in [-0.15, -0.1) is 0 Å². The summed E-state index contributed by atoms with van der Waals surface area (Å²) >= 11 is 0. The summed E-state index contributed by atoms with van der Waals surface area (Å²) in [6.07, 6.45) is 14.3. The Labute approximate surface area is 198 Å². The second kappa shape index (κ2) is 8.70. The monoisotopic (exact) mass is 456 g/mol. The van der Waals surface area contributed by atoms with Crippen LogP contribution in [-0.4, -0.2) is 42.8 Å². The molecule has 1 N–H and O–H groups in total. The fraction of sp³-hybridized carbons (Fsp3) is 0.821. The minimum absolute atomic E-state index is 0.0114. The summed E-state index contributed by atoms with van der Waals surface area (Å²) in [4.78, 5) is 11.6. The normalized spacial score (nSPS) is 46.7. The van der Waals surface area contributed by atoms with Gasteiger partial charge in [-0.25, -0.2) is 4.79 Å². The van der Waals surface area contributed by atoms with Crippen LogP contribution in [0.25, 0.3) is 0 Å². The zero-order valence-electron chi connectivity index (χ0n) is 20.5. The van der Waals surface area contributed by atoms with E-state index in [2.05, 4.69) is 36.5 Å². The molecule has 0 aromatic heterocycles.